The molecule has 0 aromatic heterocycles. The number of carbonyl (C=O) groups is 1. The molecule has 1 rings (SSSR count). The maximum Gasteiger partial charge on any atom is 0.227 e. The number of likely N-dealkylation sites (tertiary alicyclic amines) is 1. The molecular weight excluding hydrogens is 224 g/mol. The summed E-state index contributed by atoms with van der Waals surface area (Å²) in [5.41, 5.74) is 5.98. The predicted octanol–water partition coefficient (Wildman–Crippen LogP) is 2.64. The van der Waals surface area contributed by atoms with E-state index in [2.05, 4.69) is 39.5 Å². The third-order valence-electron chi connectivity index (χ3n) is 4.15. The Bertz CT molecular complexity index is 283. The van der Waals surface area contributed by atoms with Crippen molar-refractivity contribution in [3.8, 4) is 0 Å². The van der Waals surface area contributed by atoms with Gasteiger partial charge in [0, 0.05) is 19.1 Å². The van der Waals surface area contributed by atoms with E-state index in [-0.39, 0.29) is 17.2 Å². The third kappa shape index (κ3) is 3.98. The molecule has 3 heteroatoms. The van der Waals surface area contributed by atoms with Crippen LogP contribution in [0.25, 0.3) is 0 Å². The molecule has 106 valence electrons. The van der Waals surface area contributed by atoms with Crippen LogP contribution in [0.4, 0.5) is 0 Å². The minimum Gasteiger partial charge on any atom is -0.339 e. The highest BCUT2D eigenvalue weighted by atomic mass is 16.2. The van der Waals surface area contributed by atoms with Gasteiger partial charge < -0.3 is 10.6 Å². The molecule has 1 fully saturated rings. The van der Waals surface area contributed by atoms with E-state index < -0.39 is 0 Å². The number of rotatable bonds is 3. The second-order valence-corrected chi connectivity index (χ2v) is 7.09. The topological polar surface area (TPSA) is 46.3 Å². The summed E-state index contributed by atoms with van der Waals surface area (Å²) in [5.74, 6) is 0.861. The van der Waals surface area contributed by atoms with Crippen molar-refractivity contribution in [1.29, 1.82) is 0 Å². The lowest BCUT2D eigenvalue weighted by atomic mass is 9.83. The first-order chi connectivity index (χ1) is 8.26. The van der Waals surface area contributed by atoms with Crippen LogP contribution in [-0.2, 0) is 4.79 Å². The van der Waals surface area contributed by atoms with Crippen molar-refractivity contribution in [2.75, 3.05) is 13.1 Å². The van der Waals surface area contributed by atoms with Crippen LogP contribution in [0, 0.1) is 17.3 Å². The molecule has 2 N–H and O–H groups in total. The van der Waals surface area contributed by atoms with Gasteiger partial charge in [-0.05, 0) is 37.5 Å². The van der Waals surface area contributed by atoms with E-state index in [1.54, 1.807) is 0 Å². The second-order valence-electron chi connectivity index (χ2n) is 7.09. The van der Waals surface area contributed by atoms with Crippen LogP contribution in [0.5, 0.6) is 0 Å². The van der Waals surface area contributed by atoms with E-state index in [0.717, 1.165) is 19.4 Å². The van der Waals surface area contributed by atoms with Gasteiger partial charge in [-0.3, -0.25) is 4.79 Å². The Balaban J connectivity index is 2.71. The van der Waals surface area contributed by atoms with Crippen LogP contribution in [0.1, 0.15) is 53.9 Å². The number of amides is 1. The maximum atomic E-state index is 12.6. The number of piperidine rings is 1. The van der Waals surface area contributed by atoms with Gasteiger partial charge in [0.2, 0.25) is 5.91 Å². The maximum absolute atomic E-state index is 12.6. The number of nitrogens with two attached hydrogens (primary N) is 1. The van der Waals surface area contributed by atoms with E-state index in [0.29, 0.717) is 18.5 Å². The van der Waals surface area contributed by atoms with Crippen molar-refractivity contribution >= 4 is 5.91 Å². The lowest BCUT2D eigenvalue weighted by molar-refractivity contribution is -0.140. The predicted molar refractivity (Wildman–Crippen MR) is 76.2 cm³/mol. The Morgan fingerprint density at radius 2 is 2.00 bits per heavy atom. The molecule has 0 bridgehead atoms. The van der Waals surface area contributed by atoms with E-state index >= 15 is 0 Å². The van der Waals surface area contributed by atoms with Crippen LogP contribution in [0.2, 0.25) is 0 Å². The average molecular weight is 254 g/mol. The zero-order valence-electron chi connectivity index (χ0n) is 12.7. The molecule has 1 heterocycles. The Hall–Kier alpha value is -0.570. The SMILES string of the molecule is CC1CCCN(C(=O)C(CN)CC(C)(C)C)C1C. The lowest BCUT2D eigenvalue weighted by Gasteiger charge is -2.40. The molecule has 1 aliphatic heterocycles. The molecule has 0 aliphatic carbocycles. The molecule has 1 aliphatic rings. The van der Waals surface area contributed by atoms with Gasteiger partial charge >= 0.3 is 0 Å². The summed E-state index contributed by atoms with van der Waals surface area (Å²) < 4.78 is 0. The summed E-state index contributed by atoms with van der Waals surface area (Å²) in [4.78, 5) is 14.7. The number of hydrogen-bond acceptors (Lipinski definition) is 2. The normalized spacial score (nSPS) is 27.1. The van der Waals surface area contributed by atoms with Gasteiger partial charge in [0.15, 0.2) is 0 Å². The zero-order chi connectivity index (χ0) is 13.9. The van der Waals surface area contributed by atoms with Crippen LogP contribution < -0.4 is 5.73 Å². The molecule has 1 amide bonds. The van der Waals surface area contributed by atoms with Gasteiger partial charge in [0.05, 0.1) is 5.92 Å². The van der Waals surface area contributed by atoms with E-state index in [9.17, 15) is 4.79 Å². The Morgan fingerprint density at radius 1 is 1.39 bits per heavy atom. The van der Waals surface area contributed by atoms with E-state index in [1.807, 2.05) is 0 Å². The van der Waals surface area contributed by atoms with Gasteiger partial charge in [-0.15, -0.1) is 0 Å². The molecule has 1 saturated heterocycles. The van der Waals surface area contributed by atoms with Crippen LogP contribution in [0.3, 0.4) is 0 Å². The molecule has 3 nitrogen and oxygen atoms in total. The summed E-state index contributed by atoms with van der Waals surface area (Å²) >= 11 is 0. The first-order valence-electron chi connectivity index (χ1n) is 7.27. The van der Waals surface area contributed by atoms with Gasteiger partial charge in [0.25, 0.3) is 0 Å². The van der Waals surface area contributed by atoms with Crippen molar-refractivity contribution in [2.24, 2.45) is 23.0 Å². The molecular formula is C15H30N2O. The quantitative estimate of drug-likeness (QED) is 0.841. The van der Waals surface area contributed by atoms with Crippen molar-refractivity contribution in [2.45, 2.75) is 59.9 Å². The summed E-state index contributed by atoms with van der Waals surface area (Å²) in [7, 11) is 0. The zero-order valence-corrected chi connectivity index (χ0v) is 12.7. The Morgan fingerprint density at radius 3 is 2.50 bits per heavy atom. The Labute approximate surface area is 112 Å². The van der Waals surface area contributed by atoms with Crippen molar-refractivity contribution in [1.82, 2.24) is 4.90 Å². The monoisotopic (exact) mass is 254 g/mol. The molecule has 0 aromatic carbocycles. The van der Waals surface area contributed by atoms with Gasteiger partial charge in [-0.2, -0.15) is 0 Å². The molecule has 0 radical (unpaired) electrons. The van der Waals surface area contributed by atoms with Crippen molar-refractivity contribution in [3.63, 3.8) is 0 Å². The van der Waals surface area contributed by atoms with Gasteiger partial charge in [0.1, 0.15) is 0 Å². The summed E-state index contributed by atoms with van der Waals surface area (Å²) in [6.45, 7) is 12.3. The molecule has 18 heavy (non-hydrogen) atoms. The summed E-state index contributed by atoms with van der Waals surface area (Å²) in [6.07, 6.45) is 3.24. The molecule has 0 aromatic rings. The first-order valence-corrected chi connectivity index (χ1v) is 7.27. The number of carbonyl (C=O) groups excluding carboxylic acids is 1. The summed E-state index contributed by atoms with van der Waals surface area (Å²) in [6, 6.07) is 0.361. The number of nitrogens with zero attached hydrogens (tertiary/aromatic N) is 1. The van der Waals surface area contributed by atoms with Crippen LogP contribution >= 0.6 is 0 Å². The number of hydrogen-bond donors (Lipinski definition) is 1. The first kappa shape index (κ1) is 15.5. The van der Waals surface area contributed by atoms with Gasteiger partial charge in [-0.1, -0.05) is 27.7 Å². The minimum absolute atomic E-state index is 0.0160. The molecule has 0 saturated carbocycles. The highest BCUT2D eigenvalue weighted by Crippen LogP contribution is 2.29. The third-order valence-corrected chi connectivity index (χ3v) is 4.15. The van der Waals surface area contributed by atoms with Crippen LogP contribution in [-0.4, -0.2) is 29.9 Å². The minimum atomic E-state index is -0.0160. The second kappa shape index (κ2) is 6.05. The average Bonchev–Trinajstić information content (AvgIpc) is 2.27. The fourth-order valence-corrected chi connectivity index (χ4v) is 2.89. The van der Waals surface area contributed by atoms with Crippen LogP contribution in [0.15, 0.2) is 0 Å². The molecule has 0 spiro atoms. The Kier molecular flexibility index (Phi) is 5.20. The van der Waals surface area contributed by atoms with E-state index in [1.165, 1.54) is 6.42 Å². The fraction of sp³-hybridized carbons (Fsp3) is 0.933. The lowest BCUT2D eigenvalue weighted by Crippen LogP contribution is -2.50. The summed E-state index contributed by atoms with van der Waals surface area (Å²) in [5, 5.41) is 0. The van der Waals surface area contributed by atoms with E-state index in [4.69, 9.17) is 5.73 Å². The van der Waals surface area contributed by atoms with Crippen molar-refractivity contribution < 1.29 is 4.79 Å². The largest absolute Gasteiger partial charge is 0.339 e. The molecule has 3 atom stereocenters. The van der Waals surface area contributed by atoms with Gasteiger partial charge in [-0.25, -0.2) is 0 Å². The highest BCUT2D eigenvalue weighted by molar-refractivity contribution is 5.79. The fourth-order valence-electron chi connectivity index (χ4n) is 2.89. The molecule has 3 unspecified atom stereocenters. The van der Waals surface area contributed by atoms with Crippen molar-refractivity contribution in [3.05, 3.63) is 0 Å². The standard InChI is InChI=1S/C15H30N2O/c1-11-7-6-8-17(12(11)2)14(18)13(10-16)9-15(3,4)5/h11-13H,6-10,16H2,1-5H3. The highest BCUT2D eigenvalue weighted by Gasteiger charge is 2.33. The smallest absolute Gasteiger partial charge is 0.227 e.